The van der Waals surface area contributed by atoms with E-state index in [1.54, 1.807) is 0 Å². The zero-order valence-corrected chi connectivity index (χ0v) is 12.4. The van der Waals surface area contributed by atoms with Gasteiger partial charge in [-0.25, -0.2) is 4.79 Å². The maximum atomic E-state index is 11.7. The molecule has 0 saturated heterocycles. The van der Waals surface area contributed by atoms with E-state index in [1.807, 2.05) is 32.9 Å². The quantitative estimate of drug-likeness (QED) is 0.903. The van der Waals surface area contributed by atoms with Gasteiger partial charge in [-0.05, 0) is 38.3 Å². The number of alkyl carbamates (subject to hydrolysis) is 1. The second kappa shape index (κ2) is 6.27. The van der Waals surface area contributed by atoms with E-state index in [1.165, 1.54) is 11.1 Å². The van der Waals surface area contributed by atoms with Crippen molar-refractivity contribution in [1.82, 2.24) is 5.32 Å². The van der Waals surface area contributed by atoms with Gasteiger partial charge < -0.3 is 14.8 Å². The summed E-state index contributed by atoms with van der Waals surface area (Å²) < 4.78 is 10.9. The van der Waals surface area contributed by atoms with Crippen molar-refractivity contribution >= 4 is 6.09 Å². The molecular formula is C16H23NO3. The highest BCUT2D eigenvalue weighted by Crippen LogP contribution is 2.26. The van der Waals surface area contributed by atoms with Gasteiger partial charge in [-0.3, -0.25) is 0 Å². The first kappa shape index (κ1) is 14.9. The number of carbonyl (C=O) groups is 1. The van der Waals surface area contributed by atoms with Gasteiger partial charge in [0.15, 0.2) is 0 Å². The number of rotatable bonds is 2. The van der Waals surface area contributed by atoms with Crippen molar-refractivity contribution in [3.05, 3.63) is 35.4 Å². The maximum absolute atomic E-state index is 11.7. The Hall–Kier alpha value is -1.55. The van der Waals surface area contributed by atoms with E-state index >= 15 is 0 Å². The fourth-order valence-corrected chi connectivity index (χ4v) is 2.36. The van der Waals surface area contributed by atoms with Crippen LogP contribution in [0.4, 0.5) is 4.79 Å². The number of fused-ring (bicyclic) bond motifs is 1. The number of amides is 1. The molecule has 1 aliphatic rings. The van der Waals surface area contributed by atoms with Crippen LogP contribution in [0.15, 0.2) is 24.3 Å². The molecule has 2 rings (SSSR count). The highest BCUT2D eigenvalue weighted by molar-refractivity contribution is 5.67. The molecule has 1 unspecified atom stereocenters. The van der Waals surface area contributed by atoms with Crippen molar-refractivity contribution in [2.24, 2.45) is 0 Å². The molecule has 0 bridgehead atoms. The Morgan fingerprint density at radius 2 is 2.15 bits per heavy atom. The minimum atomic E-state index is -0.464. The van der Waals surface area contributed by atoms with Crippen molar-refractivity contribution in [2.75, 3.05) is 13.2 Å². The average molecular weight is 277 g/mol. The Kier molecular flexibility index (Phi) is 4.65. The van der Waals surface area contributed by atoms with Crippen molar-refractivity contribution in [3.63, 3.8) is 0 Å². The summed E-state index contributed by atoms with van der Waals surface area (Å²) in [6.07, 6.45) is 0.549. The monoisotopic (exact) mass is 277 g/mol. The van der Waals surface area contributed by atoms with Crippen molar-refractivity contribution in [3.8, 4) is 0 Å². The van der Waals surface area contributed by atoms with E-state index in [0.29, 0.717) is 13.2 Å². The number of nitrogens with one attached hydrogen (secondary N) is 1. The highest BCUT2D eigenvalue weighted by atomic mass is 16.6. The molecule has 0 aliphatic carbocycles. The third-order valence-corrected chi connectivity index (χ3v) is 3.25. The third-order valence-electron chi connectivity index (χ3n) is 3.25. The Morgan fingerprint density at radius 1 is 1.40 bits per heavy atom. The van der Waals surface area contributed by atoms with Crippen LogP contribution in [0.3, 0.4) is 0 Å². The van der Waals surface area contributed by atoms with Gasteiger partial charge in [0.1, 0.15) is 5.60 Å². The molecule has 110 valence electrons. The number of hydrogen-bond donors (Lipinski definition) is 1. The van der Waals surface area contributed by atoms with Crippen LogP contribution in [0.25, 0.3) is 0 Å². The van der Waals surface area contributed by atoms with Crippen LogP contribution in [0.2, 0.25) is 0 Å². The molecule has 1 heterocycles. The highest BCUT2D eigenvalue weighted by Gasteiger charge is 2.21. The maximum Gasteiger partial charge on any atom is 0.407 e. The van der Waals surface area contributed by atoms with Crippen LogP contribution in [0.5, 0.6) is 0 Å². The van der Waals surface area contributed by atoms with Gasteiger partial charge in [-0.1, -0.05) is 24.3 Å². The lowest BCUT2D eigenvalue weighted by Gasteiger charge is -2.22. The minimum absolute atomic E-state index is 0.279. The van der Waals surface area contributed by atoms with Gasteiger partial charge in [0, 0.05) is 19.1 Å². The second-order valence-electron chi connectivity index (χ2n) is 6.12. The van der Waals surface area contributed by atoms with E-state index in [-0.39, 0.29) is 12.0 Å². The summed E-state index contributed by atoms with van der Waals surface area (Å²) in [5.41, 5.74) is 2.01. The van der Waals surface area contributed by atoms with Crippen LogP contribution < -0.4 is 5.32 Å². The van der Waals surface area contributed by atoms with Crippen LogP contribution >= 0.6 is 0 Å². The fourth-order valence-electron chi connectivity index (χ4n) is 2.36. The Bertz CT molecular complexity index is 465. The standard InChI is InChI=1S/C16H23NO3/c1-16(2,3)20-15(18)17-10-12-8-9-19-11-13-6-4-5-7-14(12)13/h4-7,12H,8-11H2,1-3H3,(H,17,18). The van der Waals surface area contributed by atoms with Crippen LogP contribution in [-0.2, 0) is 16.1 Å². The number of ether oxygens (including phenoxy) is 2. The summed E-state index contributed by atoms with van der Waals surface area (Å²) >= 11 is 0. The molecule has 0 spiro atoms. The number of benzene rings is 1. The van der Waals surface area contributed by atoms with Crippen LogP contribution in [-0.4, -0.2) is 24.8 Å². The summed E-state index contributed by atoms with van der Waals surface area (Å²) in [5.74, 6) is 0.279. The summed E-state index contributed by atoms with van der Waals surface area (Å²) in [5, 5.41) is 2.86. The zero-order valence-electron chi connectivity index (χ0n) is 12.4. The smallest absolute Gasteiger partial charge is 0.407 e. The van der Waals surface area contributed by atoms with Crippen LogP contribution in [0.1, 0.15) is 44.2 Å². The first-order chi connectivity index (χ1) is 9.46. The van der Waals surface area contributed by atoms with E-state index in [4.69, 9.17) is 9.47 Å². The topological polar surface area (TPSA) is 47.6 Å². The molecule has 0 fully saturated rings. The fraction of sp³-hybridized carbons (Fsp3) is 0.562. The first-order valence-corrected chi connectivity index (χ1v) is 7.08. The Balaban J connectivity index is 1.97. The van der Waals surface area contributed by atoms with E-state index < -0.39 is 5.60 Å². The van der Waals surface area contributed by atoms with Gasteiger partial charge in [-0.15, -0.1) is 0 Å². The molecule has 1 aliphatic heterocycles. The van der Waals surface area contributed by atoms with Gasteiger partial charge in [0.2, 0.25) is 0 Å². The normalized spacial score (nSPS) is 18.9. The SMILES string of the molecule is CC(C)(C)OC(=O)NCC1CCOCc2ccccc21. The Morgan fingerprint density at radius 3 is 2.90 bits per heavy atom. The molecule has 1 N–H and O–H groups in total. The van der Waals surface area contributed by atoms with E-state index in [9.17, 15) is 4.79 Å². The lowest BCUT2D eigenvalue weighted by atomic mass is 9.93. The molecule has 4 heteroatoms. The van der Waals surface area contributed by atoms with Gasteiger partial charge >= 0.3 is 6.09 Å². The molecule has 0 aromatic heterocycles. The van der Waals surface area contributed by atoms with Crippen molar-refractivity contribution < 1.29 is 14.3 Å². The lowest BCUT2D eigenvalue weighted by molar-refractivity contribution is 0.0521. The van der Waals surface area contributed by atoms with Crippen molar-refractivity contribution in [2.45, 2.75) is 45.3 Å². The second-order valence-corrected chi connectivity index (χ2v) is 6.12. The summed E-state index contributed by atoms with van der Waals surface area (Å²) in [6.45, 7) is 7.54. The number of hydrogen-bond acceptors (Lipinski definition) is 3. The molecule has 0 saturated carbocycles. The number of carbonyl (C=O) groups excluding carboxylic acids is 1. The summed E-state index contributed by atoms with van der Waals surface area (Å²) in [4.78, 5) is 11.7. The van der Waals surface area contributed by atoms with Crippen LogP contribution in [0, 0.1) is 0 Å². The largest absolute Gasteiger partial charge is 0.444 e. The molecule has 1 aromatic rings. The van der Waals surface area contributed by atoms with E-state index in [0.717, 1.165) is 13.0 Å². The predicted octanol–water partition coefficient (Wildman–Crippen LogP) is 3.22. The van der Waals surface area contributed by atoms with Gasteiger partial charge in [0.05, 0.1) is 6.61 Å². The van der Waals surface area contributed by atoms with Gasteiger partial charge in [0.25, 0.3) is 0 Å². The summed E-state index contributed by atoms with van der Waals surface area (Å²) in [6, 6.07) is 8.25. The van der Waals surface area contributed by atoms with Crippen molar-refractivity contribution in [1.29, 1.82) is 0 Å². The molecule has 20 heavy (non-hydrogen) atoms. The minimum Gasteiger partial charge on any atom is -0.444 e. The van der Waals surface area contributed by atoms with E-state index in [2.05, 4.69) is 17.4 Å². The summed E-state index contributed by atoms with van der Waals surface area (Å²) in [7, 11) is 0. The molecule has 0 radical (unpaired) electrons. The lowest BCUT2D eigenvalue weighted by Crippen LogP contribution is -2.35. The average Bonchev–Trinajstić information content (AvgIpc) is 2.56. The van der Waals surface area contributed by atoms with Gasteiger partial charge in [-0.2, -0.15) is 0 Å². The molecule has 4 nitrogen and oxygen atoms in total. The molecule has 1 atom stereocenters. The molecule has 1 amide bonds. The molecule has 1 aromatic carbocycles. The predicted molar refractivity (Wildman–Crippen MR) is 77.7 cm³/mol. The zero-order chi connectivity index (χ0) is 14.6. The third kappa shape index (κ3) is 4.23. The Labute approximate surface area is 120 Å². The first-order valence-electron chi connectivity index (χ1n) is 7.08. The molecular weight excluding hydrogens is 254 g/mol.